The molecule has 26 heavy (non-hydrogen) atoms. The summed E-state index contributed by atoms with van der Waals surface area (Å²) < 4.78 is 30.3. The fourth-order valence-electron chi connectivity index (χ4n) is 2.77. The molecule has 1 aliphatic rings. The van der Waals surface area contributed by atoms with Crippen molar-refractivity contribution in [2.24, 2.45) is 0 Å². The molecule has 7 heteroatoms. The summed E-state index contributed by atoms with van der Waals surface area (Å²) in [5, 5.41) is 6.08. The molecule has 2 N–H and O–H groups in total. The number of thioether (sulfide) groups is 1. The number of rotatable bonds is 7. The van der Waals surface area contributed by atoms with Gasteiger partial charge in [-0.2, -0.15) is 8.78 Å². The van der Waals surface area contributed by atoms with E-state index in [1.165, 1.54) is 0 Å². The molecule has 4 nitrogen and oxygen atoms in total. The van der Waals surface area contributed by atoms with Gasteiger partial charge in [0.15, 0.2) is 0 Å². The van der Waals surface area contributed by atoms with Crippen LogP contribution in [0.15, 0.2) is 53.4 Å². The van der Waals surface area contributed by atoms with Gasteiger partial charge in [-0.3, -0.25) is 4.79 Å². The predicted molar refractivity (Wildman–Crippen MR) is 99.3 cm³/mol. The summed E-state index contributed by atoms with van der Waals surface area (Å²) in [6.45, 7) is 1.24. The smallest absolute Gasteiger partial charge is 0.288 e. The van der Waals surface area contributed by atoms with Crippen LogP contribution in [0.5, 0.6) is 0 Å². The summed E-state index contributed by atoms with van der Waals surface area (Å²) in [4.78, 5) is 13.0. The minimum atomic E-state index is -2.44. The van der Waals surface area contributed by atoms with Crippen molar-refractivity contribution in [2.45, 2.75) is 29.6 Å². The number of nitrogens with one attached hydrogen (secondary N) is 2. The van der Waals surface area contributed by atoms with E-state index in [0.29, 0.717) is 34.5 Å². The SMILES string of the molecule is O=C(NC[C@H]1CCCO1)c1ccccc1Nc1ccc(SC(F)F)cc1. The molecule has 138 valence electrons. The third kappa shape index (κ3) is 5.19. The Morgan fingerprint density at radius 3 is 2.65 bits per heavy atom. The molecule has 2 aromatic rings. The fourth-order valence-corrected chi connectivity index (χ4v) is 3.27. The molecular weight excluding hydrogens is 358 g/mol. The summed E-state index contributed by atoms with van der Waals surface area (Å²) in [6.07, 6.45) is 2.07. The highest BCUT2D eigenvalue weighted by molar-refractivity contribution is 7.99. The highest BCUT2D eigenvalue weighted by Gasteiger charge is 2.18. The van der Waals surface area contributed by atoms with Gasteiger partial charge in [0.2, 0.25) is 0 Å². The lowest BCUT2D eigenvalue weighted by Crippen LogP contribution is -2.32. The van der Waals surface area contributed by atoms with Crippen LogP contribution in [0.1, 0.15) is 23.2 Å². The normalized spacial score (nSPS) is 16.7. The second-order valence-corrected chi connectivity index (χ2v) is 6.98. The van der Waals surface area contributed by atoms with Gasteiger partial charge in [-0.15, -0.1) is 0 Å². The maximum Gasteiger partial charge on any atom is 0.288 e. The van der Waals surface area contributed by atoms with Gasteiger partial charge in [0.05, 0.1) is 17.4 Å². The van der Waals surface area contributed by atoms with Crippen LogP contribution < -0.4 is 10.6 Å². The first-order chi connectivity index (χ1) is 12.6. The van der Waals surface area contributed by atoms with E-state index in [2.05, 4.69) is 10.6 Å². The predicted octanol–water partition coefficient (Wildman–Crippen LogP) is 4.65. The lowest BCUT2D eigenvalue weighted by atomic mass is 10.1. The Hall–Kier alpha value is -2.12. The van der Waals surface area contributed by atoms with Gasteiger partial charge in [-0.05, 0) is 49.2 Å². The van der Waals surface area contributed by atoms with E-state index in [0.717, 1.165) is 25.1 Å². The topological polar surface area (TPSA) is 50.4 Å². The molecule has 3 rings (SSSR count). The number of benzene rings is 2. The van der Waals surface area contributed by atoms with E-state index in [9.17, 15) is 13.6 Å². The zero-order valence-corrected chi connectivity index (χ0v) is 14.9. The molecule has 1 heterocycles. The molecule has 0 aromatic heterocycles. The van der Waals surface area contributed by atoms with Gasteiger partial charge < -0.3 is 15.4 Å². The number of ether oxygens (including phenoxy) is 1. The number of para-hydroxylation sites is 1. The Morgan fingerprint density at radius 1 is 1.19 bits per heavy atom. The van der Waals surface area contributed by atoms with Crippen LogP contribution in [0, 0.1) is 0 Å². The standard InChI is InChI=1S/C19H20F2N2O2S/c20-19(21)26-15-9-7-13(8-10-15)23-17-6-2-1-5-16(17)18(24)22-12-14-4-3-11-25-14/h1-2,5-10,14,19,23H,3-4,11-12H2,(H,22,24)/t14-/m1/s1. The number of carbonyl (C=O) groups is 1. The van der Waals surface area contributed by atoms with Crippen LogP contribution in [0.3, 0.4) is 0 Å². The number of carbonyl (C=O) groups excluding carboxylic acids is 1. The molecule has 1 aliphatic heterocycles. The molecule has 0 bridgehead atoms. The highest BCUT2D eigenvalue weighted by atomic mass is 32.2. The molecule has 0 radical (unpaired) electrons. The van der Waals surface area contributed by atoms with Gasteiger partial charge in [-0.1, -0.05) is 23.9 Å². The molecule has 0 spiro atoms. The van der Waals surface area contributed by atoms with Crippen molar-refractivity contribution in [3.8, 4) is 0 Å². The van der Waals surface area contributed by atoms with Crippen LogP contribution >= 0.6 is 11.8 Å². The average Bonchev–Trinajstić information content (AvgIpc) is 3.15. The number of halogens is 2. The third-order valence-electron chi connectivity index (χ3n) is 4.04. The average molecular weight is 378 g/mol. The molecule has 0 saturated carbocycles. The summed E-state index contributed by atoms with van der Waals surface area (Å²) in [7, 11) is 0. The maximum absolute atomic E-state index is 12.5. The molecule has 2 aromatic carbocycles. The van der Waals surface area contributed by atoms with E-state index in [4.69, 9.17) is 4.74 Å². The van der Waals surface area contributed by atoms with Crippen LogP contribution in [0.25, 0.3) is 0 Å². The summed E-state index contributed by atoms with van der Waals surface area (Å²) in [5.74, 6) is -2.62. The lowest BCUT2D eigenvalue weighted by Gasteiger charge is -2.14. The highest BCUT2D eigenvalue weighted by Crippen LogP contribution is 2.28. The van der Waals surface area contributed by atoms with Crippen LogP contribution in [-0.4, -0.2) is 30.9 Å². The Labute approximate surface area is 155 Å². The Morgan fingerprint density at radius 2 is 1.96 bits per heavy atom. The zero-order valence-electron chi connectivity index (χ0n) is 14.1. The second-order valence-electron chi connectivity index (χ2n) is 5.92. The first kappa shape index (κ1) is 18.7. The second kappa shape index (κ2) is 9.00. The summed E-state index contributed by atoms with van der Waals surface area (Å²) in [6, 6.07) is 13.9. The number of amides is 1. The minimum absolute atomic E-state index is 0.0824. The molecular formula is C19H20F2N2O2S. The first-order valence-corrected chi connectivity index (χ1v) is 9.30. The van der Waals surface area contributed by atoms with Crippen molar-refractivity contribution in [3.05, 3.63) is 54.1 Å². The molecule has 0 aliphatic carbocycles. The maximum atomic E-state index is 12.5. The van der Waals surface area contributed by atoms with Gasteiger partial charge in [0.25, 0.3) is 11.7 Å². The minimum Gasteiger partial charge on any atom is -0.376 e. The van der Waals surface area contributed by atoms with Crippen LogP contribution in [0.2, 0.25) is 0 Å². The number of anilines is 2. The van der Waals surface area contributed by atoms with Gasteiger partial charge >= 0.3 is 0 Å². The molecule has 1 fully saturated rings. The van der Waals surface area contributed by atoms with E-state index in [-0.39, 0.29) is 12.0 Å². The van der Waals surface area contributed by atoms with Gasteiger partial charge in [0, 0.05) is 23.7 Å². The Balaban J connectivity index is 1.65. The van der Waals surface area contributed by atoms with E-state index < -0.39 is 5.76 Å². The third-order valence-corrected chi connectivity index (χ3v) is 4.77. The first-order valence-electron chi connectivity index (χ1n) is 8.42. The van der Waals surface area contributed by atoms with E-state index in [1.54, 1.807) is 36.4 Å². The molecule has 0 unspecified atom stereocenters. The van der Waals surface area contributed by atoms with Crippen molar-refractivity contribution >= 4 is 29.0 Å². The molecule has 1 amide bonds. The number of hydrogen-bond donors (Lipinski definition) is 2. The fraction of sp³-hybridized carbons (Fsp3) is 0.316. The Kier molecular flexibility index (Phi) is 6.46. The van der Waals surface area contributed by atoms with Gasteiger partial charge in [-0.25, -0.2) is 0 Å². The van der Waals surface area contributed by atoms with Crippen molar-refractivity contribution in [1.82, 2.24) is 5.32 Å². The quantitative estimate of drug-likeness (QED) is 0.689. The van der Waals surface area contributed by atoms with Crippen LogP contribution in [0.4, 0.5) is 20.2 Å². The van der Waals surface area contributed by atoms with Crippen molar-refractivity contribution in [2.75, 3.05) is 18.5 Å². The number of alkyl halides is 2. The summed E-state index contributed by atoms with van der Waals surface area (Å²) in [5.41, 5.74) is 1.91. The van der Waals surface area contributed by atoms with Crippen molar-refractivity contribution in [3.63, 3.8) is 0 Å². The van der Waals surface area contributed by atoms with Crippen molar-refractivity contribution in [1.29, 1.82) is 0 Å². The number of hydrogen-bond acceptors (Lipinski definition) is 4. The monoisotopic (exact) mass is 378 g/mol. The molecule has 1 saturated heterocycles. The molecule has 1 atom stereocenters. The van der Waals surface area contributed by atoms with Gasteiger partial charge in [0.1, 0.15) is 0 Å². The Bertz CT molecular complexity index is 735. The van der Waals surface area contributed by atoms with E-state index in [1.807, 2.05) is 12.1 Å². The zero-order chi connectivity index (χ0) is 18.4. The largest absolute Gasteiger partial charge is 0.376 e. The van der Waals surface area contributed by atoms with Crippen molar-refractivity contribution < 1.29 is 18.3 Å². The summed E-state index contributed by atoms with van der Waals surface area (Å²) >= 11 is 0.503. The van der Waals surface area contributed by atoms with E-state index >= 15 is 0 Å². The van der Waals surface area contributed by atoms with Crippen LogP contribution in [-0.2, 0) is 4.74 Å². The lowest BCUT2D eigenvalue weighted by molar-refractivity contribution is 0.0858.